The second kappa shape index (κ2) is 7.16. The first-order chi connectivity index (χ1) is 12.3. The van der Waals surface area contributed by atoms with Crippen LogP contribution < -0.4 is 5.56 Å². The Hall–Kier alpha value is -2.26. The number of H-pyrrole nitrogens is 1. The summed E-state index contributed by atoms with van der Waals surface area (Å²) in [6.07, 6.45) is 0.603. The molecule has 0 saturated heterocycles. The van der Waals surface area contributed by atoms with Crippen molar-refractivity contribution in [2.45, 2.75) is 25.8 Å². The summed E-state index contributed by atoms with van der Waals surface area (Å²) in [7, 11) is 1.55. The van der Waals surface area contributed by atoms with Crippen LogP contribution in [0.15, 0.2) is 38.6 Å². The number of carbonyl (C=O) groups excluding carboxylic acids is 1. The van der Waals surface area contributed by atoms with Crippen molar-refractivity contribution >= 4 is 39.8 Å². The minimum atomic E-state index is -0.523. The molecule has 136 valence electrons. The van der Waals surface area contributed by atoms with Crippen LogP contribution in [-0.4, -0.2) is 31.3 Å². The van der Waals surface area contributed by atoms with Crippen LogP contribution in [0, 0.1) is 4.77 Å². The molecule has 0 bridgehead atoms. The molecule has 2 N–H and O–H groups in total. The molecule has 26 heavy (non-hydrogen) atoms. The zero-order chi connectivity index (χ0) is 19.0. The van der Waals surface area contributed by atoms with Gasteiger partial charge in [-0.15, -0.1) is 0 Å². The lowest BCUT2D eigenvalue weighted by Crippen LogP contribution is -2.26. The van der Waals surface area contributed by atoms with Gasteiger partial charge in [-0.1, -0.05) is 35.0 Å². The number of nitrogens with one attached hydrogen (secondary N) is 1. The molecule has 2 aromatic rings. The number of hydrazone groups is 1. The molecule has 3 rings (SSSR count). The molecule has 0 spiro atoms. The van der Waals surface area contributed by atoms with E-state index in [2.05, 4.69) is 26.0 Å². The summed E-state index contributed by atoms with van der Waals surface area (Å²) in [6, 6.07) is 7.24. The molecule has 2 heterocycles. The molecule has 1 atom stereocenters. The topological polar surface area (TPSA) is 90.7 Å². The first-order valence-corrected chi connectivity index (χ1v) is 9.21. The summed E-state index contributed by atoms with van der Waals surface area (Å²) in [5, 5.41) is 16.1. The van der Waals surface area contributed by atoms with Gasteiger partial charge >= 0.3 is 0 Å². The molecule has 7 nitrogen and oxygen atoms in total. The van der Waals surface area contributed by atoms with Crippen molar-refractivity contribution < 1.29 is 9.90 Å². The molecule has 0 radical (unpaired) electrons. The molecule has 1 aromatic heterocycles. The summed E-state index contributed by atoms with van der Waals surface area (Å²) in [4.78, 5) is 27.2. The van der Waals surface area contributed by atoms with E-state index in [9.17, 15) is 14.7 Å². The molecular weight excluding hydrogens is 420 g/mol. The third kappa shape index (κ3) is 3.24. The van der Waals surface area contributed by atoms with Crippen molar-refractivity contribution in [1.82, 2.24) is 14.6 Å². The third-order valence-electron chi connectivity index (χ3n) is 4.31. The van der Waals surface area contributed by atoms with E-state index >= 15 is 0 Å². The lowest BCUT2D eigenvalue weighted by atomic mass is 9.99. The van der Waals surface area contributed by atoms with E-state index in [-0.39, 0.29) is 34.6 Å². The minimum Gasteiger partial charge on any atom is -0.494 e. The third-order valence-corrected chi connectivity index (χ3v) is 5.21. The van der Waals surface area contributed by atoms with Gasteiger partial charge in [0.2, 0.25) is 11.8 Å². The molecule has 9 heteroatoms. The predicted octanol–water partition coefficient (Wildman–Crippen LogP) is 3.00. The maximum absolute atomic E-state index is 12.4. The van der Waals surface area contributed by atoms with Crippen LogP contribution in [0.25, 0.3) is 0 Å². The predicted molar refractivity (Wildman–Crippen MR) is 104 cm³/mol. The number of rotatable bonds is 3. The Morgan fingerprint density at radius 3 is 2.69 bits per heavy atom. The number of hydrogen-bond acceptors (Lipinski definition) is 5. The van der Waals surface area contributed by atoms with E-state index in [1.807, 2.05) is 24.3 Å². The van der Waals surface area contributed by atoms with Gasteiger partial charge in [0.25, 0.3) is 5.56 Å². The van der Waals surface area contributed by atoms with Crippen molar-refractivity contribution in [3.63, 3.8) is 0 Å². The Bertz CT molecular complexity index is 1010. The molecule has 1 amide bonds. The van der Waals surface area contributed by atoms with E-state index in [4.69, 9.17) is 12.2 Å². The van der Waals surface area contributed by atoms with Gasteiger partial charge in [0.05, 0.1) is 11.8 Å². The minimum absolute atomic E-state index is 0.0367. The van der Waals surface area contributed by atoms with Crippen LogP contribution in [0.4, 0.5) is 0 Å². The van der Waals surface area contributed by atoms with Gasteiger partial charge in [0, 0.05) is 24.4 Å². The van der Waals surface area contributed by atoms with E-state index in [0.29, 0.717) is 12.1 Å². The van der Waals surface area contributed by atoms with E-state index < -0.39 is 5.56 Å². The van der Waals surface area contributed by atoms with E-state index in [0.717, 1.165) is 10.0 Å². The molecule has 1 aromatic carbocycles. The summed E-state index contributed by atoms with van der Waals surface area (Å²) in [5.74, 6) is -0.425. The fourth-order valence-corrected chi connectivity index (χ4v) is 3.31. The van der Waals surface area contributed by atoms with Gasteiger partial charge in [-0.25, -0.2) is 5.01 Å². The Balaban J connectivity index is 2.09. The monoisotopic (exact) mass is 436 g/mol. The van der Waals surface area contributed by atoms with Gasteiger partial charge in [0.1, 0.15) is 5.56 Å². The quantitative estimate of drug-likeness (QED) is 0.723. The SMILES string of the molecule is CCC(=O)N1N=C(c2c(O)n(C)c(=S)[nH]c2=O)C[C@H]1c1ccc(Br)cc1. The maximum Gasteiger partial charge on any atom is 0.264 e. The number of halogens is 1. The van der Waals surface area contributed by atoms with Crippen LogP contribution in [0.1, 0.15) is 36.9 Å². The average Bonchev–Trinajstić information content (AvgIpc) is 3.04. The zero-order valence-corrected chi connectivity index (χ0v) is 16.6. The number of aromatic nitrogens is 2. The largest absolute Gasteiger partial charge is 0.494 e. The summed E-state index contributed by atoms with van der Waals surface area (Å²) in [6.45, 7) is 1.75. The molecule has 0 saturated carbocycles. The molecule has 0 fully saturated rings. The standard InChI is InChI=1S/C17H17BrN4O3S/c1-3-13(23)22-12(9-4-6-10(18)7-5-9)8-11(20-22)14-15(24)19-17(26)21(2)16(14)25/h4-7,12,25H,3,8H2,1-2H3,(H,19,24,26)/t12-/m0/s1. The average molecular weight is 437 g/mol. The fourth-order valence-electron chi connectivity index (χ4n) is 2.87. The van der Waals surface area contributed by atoms with Gasteiger partial charge in [-0.3, -0.25) is 19.1 Å². The highest BCUT2D eigenvalue weighted by molar-refractivity contribution is 9.10. The number of aromatic amines is 1. The number of benzene rings is 1. The van der Waals surface area contributed by atoms with Crippen molar-refractivity contribution in [2.75, 3.05) is 0 Å². The second-order valence-electron chi connectivity index (χ2n) is 5.93. The summed E-state index contributed by atoms with van der Waals surface area (Å²) >= 11 is 8.39. The first-order valence-electron chi connectivity index (χ1n) is 8.01. The molecule has 0 aliphatic carbocycles. The molecular formula is C17H17BrN4O3S. The van der Waals surface area contributed by atoms with Crippen LogP contribution in [0.2, 0.25) is 0 Å². The Labute approximate surface area is 163 Å². The Morgan fingerprint density at radius 1 is 1.42 bits per heavy atom. The van der Waals surface area contributed by atoms with E-state index in [1.165, 1.54) is 9.58 Å². The lowest BCUT2D eigenvalue weighted by molar-refractivity contribution is -0.132. The summed E-state index contributed by atoms with van der Waals surface area (Å²) < 4.78 is 2.34. The van der Waals surface area contributed by atoms with Gasteiger partial charge < -0.3 is 5.11 Å². The number of hydrogen-bond donors (Lipinski definition) is 2. The van der Waals surface area contributed by atoms with Crippen molar-refractivity contribution in [2.24, 2.45) is 12.1 Å². The van der Waals surface area contributed by atoms with Crippen molar-refractivity contribution in [1.29, 1.82) is 0 Å². The number of amides is 1. The van der Waals surface area contributed by atoms with Crippen LogP contribution >= 0.6 is 28.1 Å². The molecule has 1 aliphatic heterocycles. The van der Waals surface area contributed by atoms with Gasteiger partial charge in [-0.2, -0.15) is 5.10 Å². The van der Waals surface area contributed by atoms with Crippen LogP contribution in [-0.2, 0) is 11.8 Å². The van der Waals surface area contributed by atoms with Gasteiger partial charge in [-0.05, 0) is 29.9 Å². The van der Waals surface area contributed by atoms with Crippen LogP contribution in [0.3, 0.4) is 0 Å². The normalized spacial score (nSPS) is 16.7. The lowest BCUT2D eigenvalue weighted by Gasteiger charge is -2.21. The van der Waals surface area contributed by atoms with Crippen LogP contribution in [0.5, 0.6) is 5.88 Å². The Morgan fingerprint density at radius 2 is 2.08 bits per heavy atom. The number of carbonyl (C=O) groups is 1. The van der Waals surface area contributed by atoms with Gasteiger partial charge in [0.15, 0.2) is 4.77 Å². The maximum atomic E-state index is 12.4. The number of nitrogens with zero attached hydrogens (tertiary/aromatic N) is 3. The Kier molecular flexibility index (Phi) is 5.10. The molecule has 0 unspecified atom stereocenters. The smallest absolute Gasteiger partial charge is 0.264 e. The fraction of sp³-hybridized carbons (Fsp3) is 0.294. The highest BCUT2D eigenvalue weighted by atomic mass is 79.9. The highest BCUT2D eigenvalue weighted by Crippen LogP contribution is 2.34. The number of aromatic hydroxyl groups is 1. The van der Waals surface area contributed by atoms with Crippen molar-refractivity contribution in [3.8, 4) is 5.88 Å². The highest BCUT2D eigenvalue weighted by Gasteiger charge is 2.34. The van der Waals surface area contributed by atoms with E-state index in [1.54, 1.807) is 14.0 Å². The summed E-state index contributed by atoms with van der Waals surface area (Å²) in [5.41, 5.74) is 0.761. The van der Waals surface area contributed by atoms with Crippen molar-refractivity contribution in [3.05, 3.63) is 55.0 Å². The first kappa shape index (κ1) is 18.5. The second-order valence-corrected chi connectivity index (χ2v) is 7.23. The molecule has 1 aliphatic rings. The zero-order valence-electron chi connectivity index (χ0n) is 14.2.